The maximum Gasteiger partial charge on any atom is 0.333 e. The summed E-state index contributed by atoms with van der Waals surface area (Å²) in [5.41, 5.74) is 1.02. The van der Waals surface area contributed by atoms with Crippen LogP contribution in [0.15, 0.2) is 51.8 Å². The molecule has 0 aliphatic carbocycles. The highest BCUT2D eigenvalue weighted by molar-refractivity contribution is 5.91. The third-order valence-corrected chi connectivity index (χ3v) is 5.97. The number of aromatic nitrogens is 6. The van der Waals surface area contributed by atoms with Crippen LogP contribution in [0, 0.1) is 0 Å². The SMILES string of the molecule is O=C(c1nnc(-c2cnn(C(F)F)c2)o1)N1CCc2[nH]cnc2[C@H]1c1oc2ccccc2c1C(F)F. The second kappa shape index (κ2) is 8.32. The molecular formula is C22H15F4N7O3. The van der Waals surface area contributed by atoms with Crippen LogP contribution in [-0.2, 0) is 6.42 Å². The Morgan fingerprint density at radius 2 is 1.97 bits per heavy atom. The lowest BCUT2D eigenvalue weighted by molar-refractivity contribution is 0.0565. The molecule has 0 bridgehead atoms. The molecule has 1 atom stereocenters. The number of carbonyl (C=O) groups is 1. The predicted molar refractivity (Wildman–Crippen MR) is 113 cm³/mol. The molecule has 10 nitrogen and oxygen atoms in total. The number of H-pyrrole nitrogens is 1. The number of nitrogens with one attached hydrogen (secondary N) is 1. The molecule has 5 aromatic rings. The van der Waals surface area contributed by atoms with Gasteiger partial charge in [0.05, 0.1) is 29.3 Å². The summed E-state index contributed by atoms with van der Waals surface area (Å²) in [6.07, 6.45) is 0.990. The molecule has 0 fully saturated rings. The smallest absolute Gasteiger partial charge is 0.333 e. The van der Waals surface area contributed by atoms with Gasteiger partial charge in [-0.25, -0.2) is 18.4 Å². The lowest BCUT2D eigenvalue weighted by Gasteiger charge is -2.33. The van der Waals surface area contributed by atoms with Gasteiger partial charge in [-0.1, -0.05) is 18.2 Å². The molecule has 0 radical (unpaired) electrons. The maximum atomic E-state index is 14.3. The Morgan fingerprint density at radius 3 is 2.75 bits per heavy atom. The number of rotatable bonds is 5. The summed E-state index contributed by atoms with van der Waals surface area (Å²) >= 11 is 0. The number of alkyl halides is 4. The van der Waals surface area contributed by atoms with Crippen molar-refractivity contribution >= 4 is 16.9 Å². The van der Waals surface area contributed by atoms with Crippen molar-refractivity contribution in [2.75, 3.05) is 6.54 Å². The van der Waals surface area contributed by atoms with Crippen molar-refractivity contribution in [1.82, 2.24) is 34.8 Å². The topological polar surface area (TPSA) is 119 Å². The molecule has 0 spiro atoms. The van der Waals surface area contributed by atoms with Crippen LogP contribution in [0.1, 0.15) is 52.4 Å². The van der Waals surface area contributed by atoms with E-state index in [4.69, 9.17) is 8.83 Å². The van der Waals surface area contributed by atoms with Gasteiger partial charge in [-0.05, 0) is 6.07 Å². The summed E-state index contributed by atoms with van der Waals surface area (Å²) in [4.78, 5) is 22.0. The first-order valence-corrected chi connectivity index (χ1v) is 10.7. The summed E-state index contributed by atoms with van der Waals surface area (Å²) in [6, 6.07) is 5.27. The van der Waals surface area contributed by atoms with Gasteiger partial charge in [-0.2, -0.15) is 13.9 Å². The number of nitrogens with zero attached hydrogens (tertiary/aromatic N) is 6. The first-order valence-electron chi connectivity index (χ1n) is 10.7. The van der Waals surface area contributed by atoms with E-state index in [2.05, 4.69) is 25.3 Å². The largest absolute Gasteiger partial charge is 0.458 e. The molecule has 0 saturated heterocycles. The molecule has 1 aliphatic heterocycles. The van der Waals surface area contributed by atoms with E-state index in [1.165, 1.54) is 17.3 Å². The summed E-state index contributed by atoms with van der Waals surface area (Å²) in [6.45, 7) is -2.76. The number of furan rings is 1. The van der Waals surface area contributed by atoms with Crippen LogP contribution in [0.25, 0.3) is 22.4 Å². The first kappa shape index (κ1) is 22.0. The number of carbonyl (C=O) groups excluding carboxylic acids is 1. The van der Waals surface area contributed by atoms with Crippen LogP contribution in [0.3, 0.4) is 0 Å². The number of hydrogen-bond acceptors (Lipinski definition) is 7. The first-order chi connectivity index (χ1) is 17.4. The number of imidazole rings is 1. The van der Waals surface area contributed by atoms with E-state index in [1.807, 2.05) is 0 Å². The zero-order chi connectivity index (χ0) is 25.0. The Balaban J connectivity index is 1.42. The molecule has 184 valence electrons. The number of amides is 1. The fourth-order valence-corrected chi connectivity index (χ4v) is 4.38. The highest BCUT2D eigenvalue weighted by Gasteiger charge is 2.41. The van der Waals surface area contributed by atoms with Gasteiger partial charge in [-0.15, -0.1) is 10.2 Å². The second-order valence-electron chi connectivity index (χ2n) is 7.99. The number of aromatic amines is 1. The van der Waals surface area contributed by atoms with Crippen molar-refractivity contribution < 1.29 is 31.2 Å². The summed E-state index contributed by atoms with van der Waals surface area (Å²) in [5.74, 6) is -1.52. The minimum absolute atomic E-state index is 0.0869. The van der Waals surface area contributed by atoms with Gasteiger partial charge in [0.25, 0.3) is 12.3 Å². The average Bonchev–Trinajstić information content (AvgIpc) is 3.66. The maximum absolute atomic E-state index is 14.3. The molecular weight excluding hydrogens is 486 g/mol. The van der Waals surface area contributed by atoms with Crippen LogP contribution in [0.4, 0.5) is 17.6 Å². The van der Waals surface area contributed by atoms with E-state index < -0.39 is 30.8 Å². The predicted octanol–water partition coefficient (Wildman–Crippen LogP) is 4.52. The van der Waals surface area contributed by atoms with Crippen molar-refractivity contribution in [2.45, 2.75) is 25.4 Å². The zero-order valence-electron chi connectivity index (χ0n) is 18.1. The highest BCUT2D eigenvalue weighted by atomic mass is 19.3. The van der Waals surface area contributed by atoms with Gasteiger partial charge < -0.3 is 18.7 Å². The van der Waals surface area contributed by atoms with E-state index in [-0.39, 0.29) is 40.3 Å². The Bertz CT molecular complexity index is 1570. The van der Waals surface area contributed by atoms with Gasteiger partial charge in [-0.3, -0.25) is 4.79 Å². The monoisotopic (exact) mass is 501 g/mol. The van der Waals surface area contributed by atoms with Crippen molar-refractivity contribution in [3.8, 4) is 11.5 Å². The normalized spacial score (nSPS) is 15.8. The number of benzene rings is 1. The Kier molecular flexibility index (Phi) is 5.09. The van der Waals surface area contributed by atoms with Crippen molar-refractivity contribution in [3.63, 3.8) is 0 Å². The highest BCUT2D eigenvalue weighted by Crippen LogP contribution is 2.43. The number of para-hydroxylation sites is 1. The third-order valence-electron chi connectivity index (χ3n) is 5.97. The number of fused-ring (bicyclic) bond motifs is 2. The Labute approximate surface area is 198 Å². The van der Waals surface area contributed by atoms with Crippen LogP contribution in [-0.4, -0.2) is 47.3 Å². The van der Waals surface area contributed by atoms with E-state index >= 15 is 0 Å². The van der Waals surface area contributed by atoms with Crippen molar-refractivity contribution in [3.05, 3.63) is 71.6 Å². The fraction of sp³-hybridized carbons (Fsp3) is 0.227. The third kappa shape index (κ3) is 3.44. The van der Waals surface area contributed by atoms with Gasteiger partial charge in [0, 0.05) is 30.2 Å². The molecule has 1 aromatic carbocycles. The van der Waals surface area contributed by atoms with Crippen molar-refractivity contribution in [1.29, 1.82) is 0 Å². The van der Waals surface area contributed by atoms with Crippen LogP contribution >= 0.6 is 0 Å². The molecule has 1 aliphatic rings. The molecule has 1 amide bonds. The average molecular weight is 501 g/mol. The lowest BCUT2D eigenvalue weighted by atomic mass is 9.97. The van der Waals surface area contributed by atoms with Crippen LogP contribution in [0.2, 0.25) is 0 Å². The minimum atomic E-state index is -2.88. The quantitative estimate of drug-likeness (QED) is 0.352. The Morgan fingerprint density at radius 1 is 1.14 bits per heavy atom. The van der Waals surface area contributed by atoms with E-state index in [9.17, 15) is 22.4 Å². The van der Waals surface area contributed by atoms with E-state index in [0.29, 0.717) is 22.5 Å². The second-order valence-corrected chi connectivity index (χ2v) is 7.99. The van der Waals surface area contributed by atoms with E-state index in [0.717, 1.165) is 12.4 Å². The molecule has 1 N–H and O–H groups in total. The fourth-order valence-electron chi connectivity index (χ4n) is 4.38. The van der Waals surface area contributed by atoms with E-state index in [1.54, 1.807) is 18.2 Å². The summed E-state index contributed by atoms with van der Waals surface area (Å²) < 4.78 is 65.9. The summed E-state index contributed by atoms with van der Waals surface area (Å²) in [7, 11) is 0. The lowest BCUT2D eigenvalue weighted by Crippen LogP contribution is -2.41. The van der Waals surface area contributed by atoms with Gasteiger partial charge >= 0.3 is 18.3 Å². The molecule has 4 aromatic heterocycles. The van der Waals surface area contributed by atoms with Crippen LogP contribution in [0.5, 0.6) is 0 Å². The standard InChI is InChI=1S/C22H15F4N7O3/c23-18(24)14-11-3-1-2-4-13(11)35-17(14)16-15-12(27-9-28-15)5-6-32(16)21(34)20-31-30-19(36-20)10-7-29-33(8-10)22(25)26/h1-4,7-9,16,18,22H,5-6H2,(H,27,28)/t16-/m0/s1. The molecule has 0 unspecified atom stereocenters. The molecule has 14 heteroatoms. The van der Waals surface area contributed by atoms with Gasteiger partial charge in [0.1, 0.15) is 17.4 Å². The molecule has 6 rings (SSSR count). The van der Waals surface area contributed by atoms with Gasteiger partial charge in [0.15, 0.2) is 0 Å². The Hall–Kier alpha value is -4.49. The van der Waals surface area contributed by atoms with Gasteiger partial charge in [0.2, 0.25) is 0 Å². The molecule has 5 heterocycles. The van der Waals surface area contributed by atoms with Crippen molar-refractivity contribution in [2.24, 2.45) is 0 Å². The van der Waals surface area contributed by atoms with Crippen LogP contribution < -0.4 is 0 Å². The molecule has 0 saturated carbocycles. The molecule has 36 heavy (non-hydrogen) atoms. The number of halogens is 4. The number of hydrogen-bond donors (Lipinski definition) is 1. The summed E-state index contributed by atoms with van der Waals surface area (Å²) in [5, 5.41) is 11.2. The minimum Gasteiger partial charge on any atom is -0.458 e. The zero-order valence-corrected chi connectivity index (χ0v) is 18.1.